The average Bonchev–Trinajstić information content (AvgIpc) is 2.93. The molecular formula is C17H23N3O3. The van der Waals surface area contributed by atoms with Crippen LogP contribution >= 0.6 is 0 Å². The first-order chi connectivity index (χ1) is 11.0. The normalized spacial score (nSPS) is 15.4. The van der Waals surface area contributed by atoms with E-state index in [0.717, 1.165) is 18.5 Å². The number of likely N-dealkylation sites (tertiary alicyclic amines) is 1. The molecule has 2 rings (SSSR count). The third kappa shape index (κ3) is 4.55. The van der Waals surface area contributed by atoms with Gasteiger partial charge in [0.1, 0.15) is 6.04 Å². The molecule has 3 amide bonds. The molecule has 1 heterocycles. The summed E-state index contributed by atoms with van der Waals surface area (Å²) in [6.07, 6.45) is 1.54. The molecule has 1 aliphatic rings. The largest absolute Gasteiger partial charge is 0.355 e. The van der Waals surface area contributed by atoms with Crippen LogP contribution in [0.4, 0.5) is 0 Å². The number of benzene rings is 1. The number of carbonyl (C=O) groups is 3. The molecule has 0 aromatic heterocycles. The van der Waals surface area contributed by atoms with Gasteiger partial charge in [-0.1, -0.05) is 12.1 Å². The molecule has 1 fully saturated rings. The standard InChI is InChI=1S/C17H23N3O3/c1-3-18-16(22)12(2)19-17(23)14-8-6-13(7-9-14)11-20-10-4-5-15(20)21/h6-9,12H,3-5,10-11H2,1-2H3,(H,18,22)(H,19,23)/t12-/m1/s1. The van der Waals surface area contributed by atoms with Gasteiger partial charge in [0.15, 0.2) is 0 Å². The number of nitrogens with zero attached hydrogens (tertiary/aromatic N) is 1. The van der Waals surface area contributed by atoms with Crippen LogP contribution in [-0.4, -0.2) is 41.8 Å². The molecule has 1 saturated heterocycles. The van der Waals surface area contributed by atoms with E-state index in [-0.39, 0.29) is 17.7 Å². The van der Waals surface area contributed by atoms with Crippen LogP contribution in [0.1, 0.15) is 42.6 Å². The molecule has 6 nitrogen and oxygen atoms in total. The van der Waals surface area contributed by atoms with Crippen LogP contribution in [0, 0.1) is 0 Å². The van der Waals surface area contributed by atoms with Gasteiger partial charge in [-0.25, -0.2) is 0 Å². The Bertz CT molecular complexity index is 583. The molecule has 0 bridgehead atoms. The number of nitrogens with one attached hydrogen (secondary N) is 2. The average molecular weight is 317 g/mol. The molecule has 23 heavy (non-hydrogen) atoms. The van der Waals surface area contributed by atoms with Crippen LogP contribution in [0.5, 0.6) is 0 Å². The van der Waals surface area contributed by atoms with Crippen LogP contribution < -0.4 is 10.6 Å². The fourth-order valence-corrected chi connectivity index (χ4v) is 2.53. The first-order valence-corrected chi connectivity index (χ1v) is 7.96. The quantitative estimate of drug-likeness (QED) is 0.823. The van der Waals surface area contributed by atoms with Gasteiger partial charge >= 0.3 is 0 Å². The fraction of sp³-hybridized carbons (Fsp3) is 0.471. The van der Waals surface area contributed by atoms with Crippen molar-refractivity contribution >= 4 is 17.7 Å². The fourth-order valence-electron chi connectivity index (χ4n) is 2.53. The molecule has 6 heteroatoms. The lowest BCUT2D eigenvalue weighted by Crippen LogP contribution is -2.44. The van der Waals surface area contributed by atoms with E-state index in [9.17, 15) is 14.4 Å². The van der Waals surface area contributed by atoms with Gasteiger partial charge in [-0.05, 0) is 38.0 Å². The zero-order valence-electron chi connectivity index (χ0n) is 13.6. The Hall–Kier alpha value is -2.37. The number of amides is 3. The Kier molecular flexibility index (Phi) is 5.73. The SMILES string of the molecule is CCNC(=O)[C@@H](C)NC(=O)c1ccc(CN2CCCC2=O)cc1. The number of hydrogen-bond acceptors (Lipinski definition) is 3. The number of carbonyl (C=O) groups excluding carboxylic acids is 3. The molecule has 2 N–H and O–H groups in total. The van der Waals surface area contributed by atoms with E-state index < -0.39 is 6.04 Å². The Labute approximate surface area is 136 Å². The first kappa shape index (κ1) is 17.0. The summed E-state index contributed by atoms with van der Waals surface area (Å²) in [5, 5.41) is 5.33. The van der Waals surface area contributed by atoms with Crippen LogP contribution in [0.2, 0.25) is 0 Å². The zero-order chi connectivity index (χ0) is 16.8. The van der Waals surface area contributed by atoms with Gasteiger partial charge in [0.05, 0.1) is 0 Å². The smallest absolute Gasteiger partial charge is 0.251 e. The molecule has 124 valence electrons. The maximum atomic E-state index is 12.1. The molecule has 1 atom stereocenters. The van der Waals surface area contributed by atoms with E-state index in [1.807, 2.05) is 24.0 Å². The van der Waals surface area contributed by atoms with Crippen molar-refractivity contribution in [1.29, 1.82) is 0 Å². The lowest BCUT2D eigenvalue weighted by Gasteiger charge is -2.16. The van der Waals surface area contributed by atoms with Crippen molar-refractivity contribution < 1.29 is 14.4 Å². The van der Waals surface area contributed by atoms with Crippen molar-refractivity contribution in [2.45, 2.75) is 39.3 Å². The van der Waals surface area contributed by atoms with Crippen LogP contribution in [0.3, 0.4) is 0 Å². The molecular weight excluding hydrogens is 294 g/mol. The zero-order valence-corrected chi connectivity index (χ0v) is 13.6. The van der Waals surface area contributed by atoms with E-state index in [2.05, 4.69) is 10.6 Å². The molecule has 1 aromatic carbocycles. The lowest BCUT2D eigenvalue weighted by molar-refractivity contribution is -0.128. The summed E-state index contributed by atoms with van der Waals surface area (Å²) in [6.45, 7) is 5.39. The third-order valence-corrected chi connectivity index (χ3v) is 3.85. The summed E-state index contributed by atoms with van der Waals surface area (Å²) < 4.78 is 0. The van der Waals surface area contributed by atoms with Gasteiger partial charge in [0.2, 0.25) is 11.8 Å². The summed E-state index contributed by atoms with van der Waals surface area (Å²) in [4.78, 5) is 37.2. The minimum atomic E-state index is -0.579. The van der Waals surface area contributed by atoms with Gasteiger partial charge < -0.3 is 15.5 Å². The highest BCUT2D eigenvalue weighted by atomic mass is 16.2. The van der Waals surface area contributed by atoms with Crippen molar-refractivity contribution in [2.24, 2.45) is 0 Å². The molecule has 0 radical (unpaired) electrons. The summed E-state index contributed by atoms with van der Waals surface area (Å²) in [5.74, 6) is -0.305. The van der Waals surface area contributed by atoms with E-state index in [0.29, 0.717) is 25.1 Å². The summed E-state index contributed by atoms with van der Waals surface area (Å²) >= 11 is 0. The van der Waals surface area contributed by atoms with Gasteiger partial charge in [-0.3, -0.25) is 14.4 Å². The van der Waals surface area contributed by atoms with Crippen LogP contribution in [0.25, 0.3) is 0 Å². The van der Waals surface area contributed by atoms with Crippen molar-refractivity contribution in [2.75, 3.05) is 13.1 Å². The topological polar surface area (TPSA) is 78.5 Å². The van der Waals surface area contributed by atoms with Gasteiger partial charge in [-0.2, -0.15) is 0 Å². The minimum Gasteiger partial charge on any atom is -0.355 e. The first-order valence-electron chi connectivity index (χ1n) is 7.96. The Morgan fingerprint density at radius 2 is 1.96 bits per heavy atom. The highest BCUT2D eigenvalue weighted by molar-refractivity contribution is 5.97. The summed E-state index contributed by atoms with van der Waals surface area (Å²) in [7, 11) is 0. The molecule has 0 spiro atoms. The van der Waals surface area contributed by atoms with E-state index in [1.54, 1.807) is 19.1 Å². The molecule has 0 saturated carbocycles. The second-order valence-corrected chi connectivity index (χ2v) is 5.71. The molecule has 1 aromatic rings. The number of likely N-dealkylation sites (N-methyl/N-ethyl adjacent to an activating group) is 1. The minimum absolute atomic E-state index is 0.183. The van der Waals surface area contributed by atoms with Crippen molar-refractivity contribution in [3.05, 3.63) is 35.4 Å². The van der Waals surface area contributed by atoms with Gasteiger partial charge in [0, 0.05) is 31.6 Å². The Morgan fingerprint density at radius 1 is 1.26 bits per heavy atom. The Morgan fingerprint density at radius 3 is 2.52 bits per heavy atom. The van der Waals surface area contributed by atoms with Gasteiger partial charge in [-0.15, -0.1) is 0 Å². The third-order valence-electron chi connectivity index (χ3n) is 3.85. The Balaban J connectivity index is 1.92. The van der Waals surface area contributed by atoms with Gasteiger partial charge in [0.25, 0.3) is 5.91 Å². The molecule has 0 aliphatic carbocycles. The van der Waals surface area contributed by atoms with Crippen LogP contribution in [-0.2, 0) is 16.1 Å². The van der Waals surface area contributed by atoms with Crippen molar-refractivity contribution in [3.63, 3.8) is 0 Å². The maximum absolute atomic E-state index is 12.1. The number of rotatable bonds is 6. The second-order valence-electron chi connectivity index (χ2n) is 5.71. The summed E-state index contributed by atoms with van der Waals surface area (Å²) in [5.41, 5.74) is 1.49. The van der Waals surface area contributed by atoms with E-state index in [4.69, 9.17) is 0 Å². The monoisotopic (exact) mass is 317 g/mol. The van der Waals surface area contributed by atoms with E-state index in [1.165, 1.54) is 0 Å². The predicted molar refractivity (Wildman–Crippen MR) is 86.7 cm³/mol. The molecule has 1 aliphatic heterocycles. The second kappa shape index (κ2) is 7.76. The lowest BCUT2D eigenvalue weighted by atomic mass is 10.1. The van der Waals surface area contributed by atoms with Crippen molar-refractivity contribution in [1.82, 2.24) is 15.5 Å². The number of hydrogen-bond donors (Lipinski definition) is 2. The predicted octanol–water partition coefficient (Wildman–Crippen LogP) is 1.06. The molecule has 0 unspecified atom stereocenters. The maximum Gasteiger partial charge on any atom is 0.251 e. The highest BCUT2D eigenvalue weighted by Gasteiger charge is 2.20. The highest BCUT2D eigenvalue weighted by Crippen LogP contribution is 2.14. The van der Waals surface area contributed by atoms with Crippen molar-refractivity contribution in [3.8, 4) is 0 Å². The van der Waals surface area contributed by atoms with Crippen LogP contribution in [0.15, 0.2) is 24.3 Å². The van der Waals surface area contributed by atoms with E-state index >= 15 is 0 Å². The summed E-state index contributed by atoms with van der Waals surface area (Å²) in [6, 6.07) is 6.55.